The fourth-order valence-corrected chi connectivity index (χ4v) is 5.79. The molecule has 184 valence electrons. The number of fused-ring (bicyclic) bond motifs is 2. The number of aromatic amines is 1. The lowest BCUT2D eigenvalue weighted by molar-refractivity contribution is -0.116. The van der Waals surface area contributed by atoms with E-state index in [1.807, 2.05) is 90.5 Å². The van der Waals surface area contributed by atoms with Gasteiger partial charge in [0.2, 0.25) is 5.91 Å². The zero-order chi connectivity index (χ0) is 25.8. The highest BCUT2D eigenvalue weighted by molar-refractivity contribution is 6.33. The molecule has 0 bridgehead atoms. The zero-order valence-corrected chi connectivity index (χ0v) is 21.3. The smallest absolute Gasteiger partial charge is 0.236 e. The molecule has 0 radical (unpaired) electrons. The number of halogens is 1. The molecule has 0 aliphatic carbocycles. The Kier molecular flexibility index (Phi) is 5.20. The third-order valence-corrected chi connectivity index (χ3v) is 7.60. The summed E-state index contributed by atoms with van der Waals surface area (Å²) in [7, 11) is 0. The van der Waals surface area contributed by atoms with Crippen LogP contribution in [0.4, 0.5) is 5.69 Å². The molecule has 1 aliphatic rings. The number of nitrogens with zero attached hydrogens (tertiary/aromatic N) is 2. The molecule has 1 amide bonds. The van der Waals surface area contributed by atoms with Gasteiger partial charge >= 0.3 is 0 Å². The molecule has 0 saturated heterocycles. The van der Waals surface area contributed by atoms with Crippen LogP contribution in [0.2, 0.25) is 5.02 Å². The first kappa shape index (κ1) is 22.6. The van der Waals surface area contributed by atoms with Crippen LogP contribution in [-0.2, 0) is 4.79 Å². The van der Waals surface area contributed by atoms with Crippen molar-refractivity contribution in [1.29, 1.82) is 0 Å². The van der Waals surface area contributed by atoms with Crippen LogP contribution in [-0.4, -0.2) is 20.7 Å². The van der Waals surface area contributed by atoms with Crippen molar-refractivity contribution in [2.45, 2.75) is 12.8 Å². The molecule has 2 N–H and O–H groups in total. The van der Waals surface area contributed by atoms with Gasteiger partial charge < -0.3 is 10.3 Å². The summed E-state index contributed by atoms with van der Waals surface area (Å²) in [5.41, 5.74) is 8.86. The molecule has 1 atom stereocenters. The highest BCUT2D eigenvalue weighted by Gasteiger charge is 2.40. The summed E-state index contributed by atoms with van der Waals surface area (Å²) in [4.78, 5) is 17.5. The van der Waals surface area contributed by atoms with Gasteiger partial charge in [-0.1, -0.05) is 96.5 Å². The standard InChI is InChI=1S/C32H23ClN4O/c1-19-17-18-23(33)24-26(32(38)35-28(19)24)25-27-30(21-13-7-3-8-14-21)36-37(22-15-9-4-10-16-22)31(27)34-29(25)20-11-5-2-6-12-20/h2-18,26,34H,1H3,(H,35,38). The van der Waals surface area contributed by atoms with E-state index in [0.29, 0.717) is 5.02 Å². The summed E-state index contributed by atoms with van der Waals surface area (Å²) in [6.45, 7) is 1.99. The molecule has 5 nitrogen and oxygen atoms in total. The molecular formula is C32H23ClN4O. The third-order valence-electron chi connectivity index (χ3n) is 7.27. The molecule has 2 aromatic heterocycles. The van der Waals surface area contributed by atoms with Crippen molar-refractivity contribution in [3.8, 4) is 28.2 Å². The van der Waals surface area contributed by atoms with E-state index in [1.165, 1.54) is 0 Å². The van der Waals surface area contributed by atoms with Crippen LogP contribution in [0.5, 0.6) is 0 Å². The van der Waals surface area contributed by atoms with Crippen molar-refractivity contribution in [1.82, 2.24) is 14.8 Å². The van der Waals surface area contributed by atoms with E-state index in [2.05, 4.69) is 34.6 Å². The van der Waals surface area contributed by atoms with Crippen LogP contribution in [0.3, 0.4) is 0 Å². The fraction of sp³-hybridized carbons (Fsp3) is 0.0625. The number of rotatable bonds is 4. The molecule has 4 aromatic carbocycles. The van der Waals surface area contributed by atoms with Crippen molar-refractivity contribution in [3.05, 3.63) is 125 Å². The van der Waals surface area contributed by atoms with Crippen LogP contribution < -0.4 is 5.32 Å². The second kappa shape index (κ2) is 8.75. The quantitative estimate of drug-likeness (QED) is 0.253. The molecule has 6 heteroatoms. The summed E-state index contributed by atoms with van der Waals surface area (Å²) < 4.78 is 1.93. The van der Waals surface area contributed by atoms with Gasteiger partial charge in [-0.25, -0.2) is 4.68 Å². The number of nitrogens with one attached hydrogen (secondary N) is 2. The predicted molar refractivity (Wildman–Crippen MR) is 153 cm³/mol. The Hall–Kier alpha value is -4.61. The number of benzene rings is 4. The van der Waals surface area contributed by atoms with Crippen molar-refractivity contribution in [2.75, 3.05) is 5.32 Å². The van der Waals surface area contributed by atoms with Gasteiger partial charge in [-0.15, -0.1) is 0 Å². The number of hydrogen-bond acceptors (Lipinski definition) is 2. The Morgan fingerprint density at radius 2 is 1.42 bits per heavy atom. The van der Waals surface area contributed by atoms with Crippen LogP contribution in [0.25, 0.3) is 39.2 Å². The summed E-state index contributed by atoms with van der Waals surface area (Å²) in [6.07, 6.45) is 0. The lowest BCUT2D eigenvalue weighted by Gasteiger charge is -2.14. The number of H-pyrrole nitrogens is 1. The molecule has 7 rings (SSSR count). The fourth-order valence-electron chi connectivity index (χ4n) is 5.53. The SMILES string of the molecule is Cc1ccc(Cl)c2c1NC(=O)C2c1c(-c2ccccc2)[nH]c2c1c(-c1ccccc1)nn2-c1ccccc1. The number of carbonyl (C=O) groups excluding carboxylic acids is 1. The number of hydrogen-bond donors (Lipinski definition) is 2. The van der Waals surface area contributed by atoms with Gasteiger partial charge in [0.15, 0.2) is 0 Å². The molecule has 38 heavy (non-hydrogen) atoms. The highest BCUT2D eigenvalue weighted by Crippen LogP contribution is 2.49. The number of carbonyl (C=O) groups is 1. The lowest BCUT2D eigenvalue weighted by Crippen LogP contribution is -2.14. The normalized spacial score (nSPS) is 14.6. The maximum absolute atomic E-state index is 13.8. The van der Waals surface area contributed by atoms with Gasteiger partial charge in [0.05, 0.1) is 22.7 Å². The van der Waals surface area contributed by atoms with E-state index in [4.69, 9.17) is 16.7 Å². The molecule has 1 unspecified atom stereocenters. The van der Waals surface area contributed by atoms with E-state index in [-0.39, 0.29) is 5.91 Å². The van der Waals surface area contributed by atoms with Crippen LogP contribution in [0, 0.1) is 6.92 Å². The Balaban J connectivity index is 1.63. The third kappa shape index (κ3) is 3.40. The van der Waals surface area contributed by atoms with Gasteiger partial charge in [-0.05, 0) is 36.2 Å². The number of aryl methyl sites for hydroxylation is 1. The van der Waals surface area contributed by atoms with E-state index in [0.717, 1.165) is 61.6 Å². The van der Waals surface area contributed by atoms with E-state index >= 15 is 0 Å². The predicted octanol–water partition coefficient (Wildman–Crippen LogP) is 7.73. The van der Waals surface area contributed by atoms with Crippen molar-refractivity contribution < 1.29 is 4.79 Å². The average molecular weight is 515 g/mol. The maximum atomic E-state index is 13.8. The van der Waals surface area contributed by atoms with E-state index in [1.54, 1.807) is 0 Å². The molecule has 3 heterocycles. The van der Waals surface area contributed by atoms with E-state index < -0.39 is 5.92 Å². The second-order valence-corrected chi connectivity index (χ2v) is 9.95. The van der Waals surface area contributed by atoms with Crippen molar-refractivity contribution in [2.24, 2.45) is 0 Å². The van der Waals surface area contributed by atoms with Crippen LogP contribution in [0.1, 0.15) is 22.6 Å². The minimum absolute atomic E-state index is 0.0965. The molecule has 0 fully saturated rings. The molecular weight excluding hydrogens is 492 g/mol. The summed E-state index contributed by atoms with van der Waals surface area (Å²) in [6, 6.07) is 34.1. The first-order valence-electron chi connectivity index (χ1n) is 12.5. The van der Waals surface area contributed by atoms with Crippen LogP contribution in [0.15, 0.2) is 103 Å². The largest absolute Gasteiger partial charge is 0.339 e. The summed E-state index contributed by atoms with van der Waals surface area (Å²) in [5, 5.41) is 9.70. The molecule has 0 spiro atoms. The van der Waals surface area contributed by atoms with Crippen molar-refractivity contribution in [3.63, 3.8) is 0 Å². The van der Waals surface area contributed by atoms with E-state index in [9.17, 15) is 4.79 Å². The Morgan fingerprint density at radius 1 is 0.789 bits per heavy atom. The van der Waals surface area contributed by atoms with Gasteiger partial charge in [0, 0.05) is 27.4 Å². The minimum atomic E-state index is -0.600. The van der Waals surface area contributed by atoms with Crippen molar-refractivity contribution >= 4 is 34.2 Å². The highest BCUT2D eigenvalue weighted by atomic mass is 35.5. The van der Waals surface area contributed by atoms with Gasteiger partial charge in [0.25, 0.3) is 0 Å². The second-order valence-electron chi connectivity index (χ2n) is 9.54. The first-order valence-corrected chi connectivity index (χ1v) is 12.9. The number of para-hydroxylation sites is 1. The topological polar surface area (TPSA) is 62.7 Å². The summed E-state index contributed by atoms with van der Waals surface area (Å²) >= 11 is 6.80. The lowest BCUT2D eigenvalue weighted by atomic mass is 9.87. The first-order chi connectivity index (χ1) is 18.6. The van der Waals surface area contributed by atoms with Gasteiger partial charge in [-0.2, -0.15) is 5.10 Å². The monoisotopic (exact) mass is 514 g/mol. The minimum Gasteiger partial charge on any atom is -0.339 e. The maximum Gasteiger partial charge on any atom is 0.236 e. The Morgan fingerprint density at radius 3 is 2.11 bits per heavy atom. The molecule has 0 saturated carbocycles. The molecule has 6 aromatic rings. The Bertz CT molecular complexity index is 1820. The number of aromatic nitrogens is 3. The van der Waals surface area contributed by atoms with Crippen LogP contribution >= 0.6 is 11.6 Å². The number of anilines is 1. The average Bonchev–Trinajstić information content (AvgIpc) is 3.63. The number of amides is 1. The Labute approximate surface area is 224 Å². The molecule has 1 aliphatic heterocycles. The summed E-state index contributed by atoms with van der Waals surface area (Å²) in [5.74, 6) is -0.696. The van der Waals surface area contributed by atoms with Gasteiger partial charge in [0.1, 0.15) is 11.3 Å². The van der Waals surface area contributed by atoms with Gasteiger partial charge in [-0.3, -0.25) is 4.79 Å². The zero-order valence-electron chi connectivity index (χ0n) is 20.6.